The monoisotopic (exact) mass is 383 g/mol. The van der Waals surface area contributed by atoms with Crippen LogP contribution in [0.2, 0.25) is 0 Å². The van der Waals surface area contributed by atoms with E-state index < -0.39 is 16.7 Å². The molecule has 2 rings (SSSR count). The Morgan fingerprint density at radius 1 is 1.08 bits per heavy atom. The largest absolute Gasteiger partial charge is 0.493 e. The highest BCUT2D eigenvalue weighted by molar-refractivity contribution is 6.17. The van der Waals surface area contributed by atoms with Gasteiger partial charge in [0.25, 0.3) is 5.69 Å². The number of alkyl halides is 4. The van der Waals surface area contributed by atoms with E-state index in [0.29, 0.717) is 17.9 Å². The molecule has 0 saturated heterocycles. The third kappa shape index (κ3) is 5.39. The van der Waals surface area contributed by atoms with Gasteiger partial charge in [0, 0.05) is 29.1 Å². The summed E-state index contributed by atoms with van der Waals surface area (Å²) < 4.78 is 44.7. The van der Waals surface area contributed by atoms with Crippen molar-refractivity contribution in [2.75, 3.05) is 12.5 Å². The Balaban J connectivity index is 2.26. The summed E-state index contributed by atoms with van der Waals surface area (Å²) in [6.07, 6.45) is -4.15. The fraction of sp³-hybridized carbons (Fsp3) is 0.222. The first-order valence-corrected chi connectivity index (χ1v) is 8.01. The minimum absolute atomic E-state index is 0.0837. The molecule has 0 radical (unpaired) electrons. The number of nitro benzene ring substituents is 1. The lowest BCUT2D eigenvalue weighted by atomic mass is 10.1. The molecule has 4 nitrogen and oxygen atoms in total. The van der Waals surface area contributed by atoms with Gasteiger partial charge in [0.1, 0.15) is 5.75 Å². The molecule has 0 aromatic heterocycles. The van der Waals surface area contributed by atoms with E-state index in [9.17, 15) is 23.3 Å². The molecule has 0 unspecified atom stereocenters. The molecular weight excluding hydrogens is 371 g/mol. The number of non-ortho nitro benzene ring substituents is 1. The predicted molar refractivity (Wildman–Crippen MR) is 91.4 cm³/mol. The van der Waals surface area contributed by atoms with Gasteiger partial charge >= 0.3 is 6.18 Å². The first kappa shape index (κ1) is 19.6. The number of nitrogens with zero attached hydrogens (tertiary/aromatic N) is 1. The van der Waals surface area contributed by atoms with Crippen LogP contribution in [-0.2, 0) is 6.18 Å². The van der Waals surface area contributed by atoms with E-state index in [1.807, 2.05) is 0 Å². The molecule has 0 saturated carbocycles. The van der Waals surface area contributed by atoms with Crippen LogP contribution in [0.25, 0.3) is 0 Å². The van der Waals surface area contributed by atoms with Crippen molar-refractivity contribution in [2.45, 2.75) is 12.6 Å². The van der Waals surface area contributed by atoms with E-state index in [1.165, 1.54) is 36.4 Å². The molecule has 0 N–H and O–H groups in total. The zero-order valence-corrected chi connectivity index (χ0v) is 14.1. The van der Waals surface area contributed by atoms with Crippen LogP contribution in [-0.4, -0.2) is 17.4 Å². The van der Waals surface area contributed by atoms with Crippen LogP contribution in [0, 0.1) is 22.0 Å². The number of rotatable bonds is 5. The quantitative estimate of drug-likeness (QED) is 0.239. The van der Waals surface area contributed by atoms with Gasteiger partial charge in [0.2, 0.25) is 0 Å². The van der Waals surface area contributed by atoms with E-state index >= 15 is 0 Å². The standard InChI is InChI=1S/C18H13ClF3NO3/c19-10-1-11-26-17-9-6-14(12-16(17)18(20,21)22)3-2-13-4-7-15(8-5-13)23(24)25/h4-9,12H,1,10-11H2. The van der Waals surface area contributed by atoms with Crippen molar-refractivity contribution >= 4 is 17.3 Å². The molecule has 0 amide bonds. The number of ether oxygens (including phenoxy) is 1. The summed E-state index contributed by atoms with van der Waals surface area (Å²) in [6.45, 7) is 0.0837. The molecule has 26 heavy (non-hydrogen) atoms. The number of hydrogen-bond acceptors (Lipinski definition) is 3. The lowest BCUT2D eigenvalue weighted by molar-refractivity contribution is -0.384. The summed E-state index contributed by atoms with van der Waals surface area (Å²) in [7, 11) is 0. The summed E-state index contributed by atoms with van der Waals surface area (Å²) in [5.74, 6) is 5.32. The Bertz CT molecular complexity index is 839. The second kappa shape index (κ2) is 8.59. The Labute approximate surface area is 152 Å². The molecule has 0 atom stereocenters. The summed E-state index contributed by atoms with van der Waals surface area (Å²) in [5.41, 5.74) is -0.400. The molecule has 0 heterocycles. The van der Waals surface area contributed by atoms with Crippen molar-refractivity contribution in [3.05, 3.63) is 69.3 Å². The van der Waals surface area contributed by atoms with Crippen LogP contribution in [0.3, 0.4) is 0 Å². The van der Waals surface area contributed by atoms with Crippen LogP contribution in [0.5, 0.6) is 5.75 Å². The molecule has 0 fully saturated rings. The number of hydrogen-bond donors (Lipinski definition) is 0. The van der Waals surface area contributed by atoms with Crippen molar-refractivity contribution in [3.8, 4) is 17.6 Å². The Morgan fingerprint density at radius 3 is 2.27 bits per heavy atom. The average Bonchev–Trinajstić information content (AvgIpc) is 2.60. The van der Waals surface area contributed by atoms with Gasteiger partial charge in [-0.2, -0.15) is 13.2 Å². The highest BCUT2D eigenvalue weighted by Crippen LogP contribution is 2.36. The minimum Gasteiger partial charge on any atom is -0.493 e. The molecule has 0 aliphatic rings. The summed E-state index contributed by atoms with van der Waals surface area (Å²) in [4.78, 5) is 10.0. The van der Waals surface area contributed by atoms with Gasteiger partial charge in [-0.15, -0.1) is 11.6 Å². The molecule has 0 aliphatic heterocycles. The smallest absolute Gasteiger partial charge is 0.420 e. The van der Waals surface area contributed by atoms with Gasteiger partial charge in [-0.05, 0) is 36.8 Å². The second-order valence-corrected chi connectivity index (χ2v) is 5.53. The molecule has 8 heteroatoms. The van der Waals surface area contributed by atoms with Crippen LogP contribution in [0.4, 0.5) is 18.9 Å². The Hall–Kier alpha value is -2.72. The van der Waals surface area contributed by atoms with E-state index in [4.69, 9.17) is 16.3 Å². The van der Waals surface area contributed by atoms with E-state index in [2.05, 4.69) is 11.8 Å². The van der Waals surface area contributed by atoms with Gasteiger partial charge < -0.3 is 4.74 Å². The first-order chi connectivity index (χ1) is 12.3. The molecule has 2 aromatic carbocycles. The topological polar surface area (TPSA) is 52.4 Å². The Morgan fingerprint density at radius 2 is 1.69 bits per heavy atom. The third-order valence-electron chi connectivity index (χ3n) is 3.25. The number of halogens is 4. The fourth-order valence-electron chi connectivity index (χ4n) is 2.00. The zero-order chi connectivity index (χ0) is 19.2. The SMILES string of the molecule is O=[N+]([O-])c1ccc(C#Cc2ccc(OCCCCl)c(C(F)(F)F)c2)cc1. The molecule has 2 aromatic rings. The highest BCUT2D eigenvalue weighted by Gasteiger charge is 2.34. The van der Waals surface area contributed by atoms with Crippen molar-refractivity contribution < 1.29 is 22.8 Å². The van der Waals surface area contributed by atoms with Gasteiger partial charge in [0.15, 0.2) is 0 Å². The maximum absolute atomic E-state index is 13.2. The fourth-order valence-corrected chi connectivity index (χ4v) is 2.11. The lowest BCUT2D eigenvalue weighted by Crippen LogP contribution is -2.10. The maximum Gasteiger partial charge on any atom is 0.420 e. The molecule has 0 spiro atoms. The summed E-state index contributed by atoms with van der Waals surface area (Å²) >= 11 is 5.49. The summed E-state index contributed by atoms with van der Waals surface area (Å²) in [5, 5.41) is 10.6. The van der Waals surface area contributed by atoms with Crippen molar-refractivity contribution in [2.24, 2.45) is 0 Å². The third-order valence-corrected chi connectivity index (χ3v) is 3.52. The molecule has 136 valence electrons. The van der Waals surface area contributed by atoms with Crippen LogP contribution in [0.1, 0.15) is 23.1 Å². The van der Waals surface area contributed by atoms with Crippen LogP contribution in [0.15, 0.2) is 42.5 Å². The highest BCUT2D eigenvalue weighted by atomic mass is 35.5. The normalized spacial score (nSPS) is 10.8. The van der Waals surface area contributed by atoms with E-state index in [0.717, 1.165) is 6.07 Å². The number of benzene rings is 2. The van der Waals surface area contributed by atoms with E-state index in [1.54, 1.807) is 0 Å². The second-order valence-electron chi connectivity index (χ2n) is 5.15. The van der Waals surface area contributed by atoms with Crippen molar-refractivity contribution in [1.82, 2.24) is 0 Å². The molecular formula is C18H13ClF3NO3. The van der Waals surface area contributed by atoms with Crippen LogP contribution < -0.4 is 4.74 Å². The van der Waals surface area contributed by atoms with Gasteiger partial charge in [-0.1, -0.05) is 11.8 Å². The van der Waals surface area contributed by atoms with Crippen molar-refractivity contribution in [3.63, 3.8) is 0 Å². The number of nitro groups is 1. The predicted octanol–water partition coefficient (Wildman–Crippen LogP) is 5.02. The van der Waals surface area contributed by atoms with Crippen LogP contribution >= 0.6 is 11.6 Å². The van der Waals surface area contributed by atoms with E-state index in [-0.39, 0.29) is 23.6 Å². The molecule has 0 bridgehead atoms. The van der Waals surface area contributed by atoms with Gasteiger partial charge in [-0.3, -0.25) is 10.1 Å². The summed E-state index contributed by atoms with van der Waals surface area (Å²) in [6, 6.07) is 8.96. The average molecular weight is 384 g/mol. The van der Waals surface area contributed by atoms with Gasteiger partial charge in [0.05, 0.1) is 17.1 Å². The zero-order valence-electron chi connectivity index (χ0n) is 13.3. The first-order valence-electron chi connectivity index (χ1n) is 7.48. The maximum atomic E-state index is 13.2. The lowest BCUT2D eigenvalue weighted by Gasteiger charge is -2.14. The molecule has 0 aliphatic carbocycles. The minimum atomic E-state index is -4.58. The van der Waals surface area contributed by atoms with Gasteiger partial charge in [-0.25, -0.2) is 0 Å². The van der Waals surface area contributed by atoms with Crippen molar-refractivity contribution in [1.29, 1.82) is 0 Å². The Kier molecular flexibility index (Phi) is 6.47.